The van der Waals surface area contributed by atoms with Gasteiger partial charge in [-0.15, -0.1) is 11.3 Å². The van der Waals surface area contributed by atoms with Crippen molar-refractivity contribution >= 4 is 28.8 Å². The molecule has 1 aliphatic rings. The normalized spacial score (nSPS) is 16.5. The molecule has 0 bridgehead atoms. The van der Waals surface area contributed by atoms with Crippen molar-refractivity contribution in [2.24, 2.45) is 0 Å². The van der Waals surface area contributed by atoms with Crippen LogP contribution in [-0.2, 0) is 6.42 Å². The Hall–Kier alpha value is -2.15. The van der Waals surface area contributed by atoms with Gasteiger partial charge in [0.25, 0.3) is 5.91 Å². The Bertz CT molecular complexity index is 873. The van der Waals surface area contributed by atoms with Crippen LogP contribution in [0.2, 0.25) is 5.02 Å². The van der Waals surface area contributed by atoms with Gasteiger partial charge in [-0.2, -0.15) is 5.10 Å². The first kappa shape index (κ1) is 16.3. The van der Waals surface area contributed by atoms with E-state index in [4.69, 9.17) is 11.6 Å². The van der Waals surface area contributed by atoms with E-state index in [1.807, 2.05) is 30.3 Å². The van der Waals surface area contributed by atoms with Crippen LogP contribution in [0.25, 0.3) is 11.3 Å². The van der Waals surface area contributed by atoms with Crippen LogP contribution in [0.4, 0.5) is 0 Å². The molecule has 7 heteroatoms. The second-order valence-corrected chi connectivity index (χ2v) is 7.34. The second kappa shape index (κ2) is 7.00. The number of carbonyl (C=O) groups is 1. The number of hydrogen-bond acceptors (Lipinski definition) is 4. The highest BCUT2D eigenvalue weighted by Gasteiger charge is 2.27. The zero-order chi connectivity index (χ0) is 17.2. The molecular weight excluding hydrogens is 356 g/mol. The predicted octanol–water partition coefficient (Wildman–Crippen LogP) is 3.34. The zero-order valence-corrected chi connectivity index (χ0v) is 15.0. The molecule has 25 heavy (non-hydrogen) atoms. The summed E-state index contributed by atoms with van der Waals surface area (Å²) in [5.41, 5.74) is 2.29. The Labute approximate surface area is 154 Å². The average molecular weight is 373 g/mol. The summed E-state index contributed by atoms with van der Waals surface area (Å²) in [6, 6.07) is 13.5. The maximum atomic E-state index is 12.2. The van der Waals surface area contributed by atoms with Gasteiger partial charge in [0, 0.05) is 22.0 Å². The van der Waals surface area contributed by atoms with E-state index in [1.165, 1.54) is 4.88 Å². The van der Waals surface area contributed by atoms with E-state index in [0.717, 1.165) is 24.2 Å². The lowest BCUT2D eigenvalue weighted by Crippen LogP contribution is -2.45. The lowest BCUT2D eigenvalue weighted by molar-refractivity contribution is 0.0901. The second-order valence-electron chi connectivity index (χ2n) is 5.88. The Morgan fingerprint density at radius 3 is 2.92 bits per heavy atom. The van der Waals surface area contributed by atoms with Crippen molar-refractivity contribution in [2.75, 3.05) is 13.1 Å². The van der Waals surface area contributed by atoms with Crippen LogP contribution in [0.3, 0.4) is 0 Å². The number of nitrogens with one attached hydrogen (secondary N) is 2. The molecule has 0 aliphatic carbocycles. The highest BCUT2D eigenvalue weighted by molar-refractivity contribution is 7.09. The highest BCUT2D eigenvalue weighted by Crippen LogP contribution is 2.24. The van der Waals surface area contributed by atoms with Crippen molar-refractivity contribution in [2.45, 2.75) is 12.6 Å². The van der Waals surface area contributed by atoms with Gasteiger partial charge in [-0.3, -0.25) is 10.1 Å². The summed E-state index contributed by atoms with van der Waals surface area (Å²) in [4.78, 5) is 13.5. The fourth-order valence-corrected chi connectivity index (χ4v) is 3.74. The maximum Gasteiger partial charge on any atom is 0.269 e. The number of halogens is 1. The summed E-state index contributed by atoms with van der Waals surface area (Å²) in [6.45, 7) is 1.36. The molecule has 128 valence electrons. The fraction of sp³-hybridized carbons (Fsp3) is 0.222. The fourth-order valence-electron chi connectivity index (χ4n) is 2.91. The largest absolute Gasteiger partial charge is 0.347 e. The molecule has 1 aliphatic heterocycles. The lowest BCUT2D eigenvalue weighted by atomic mass is 10.1. The number of aromatic nitrogens is 2. The summed E-state index contributed by atoms with van der Waals surface area (Å²) in [6.07, 6.45) is 0.914. The van der Waals surface area contributed by atoms with Crippen LogP contribution in [0, 0.1) is 0 Å². The number of rotatable bonds is 5. The molecule has 2 N–H and O–H groups in total. The van der Waals surface area contributed by atoms with Crippen molar-refractivity contribution in [1.29, 1.82) is 0 Å². The molecule has 3 heterocycles. The van der Waals surface area contributed by atoms with Crippen molar-refractivity contribution in [3.8, 4) is 11.3 Å². The molecule has 2 aromatic heterocycles. The van der Waals surface area contributed by atoms with E-state index in [-0.39, 0.29) is 12.1 Å². The molecule has 0 saturated heterocycles. The van der Waals surface area contributed by atoms with Crippen LogP contribution >= 0.6 is 22.9 Å². The van der Waals surface area contributed by atoms with Gasteiger partial charge in [-0.1, -0.05) is 29.8 Å². The first-order valence-corrected chi connectivity index (χ1v) is 9.36. The Kier molecular flexibility index (Phi) is 4.57. The number of hydrogen-bond donors (Lipinski definition) is 2. The Balaban J connectivity index is 1.53. The monoisotopic (exact) mass is 372 g/mol. The van der Waals surface area contributed by atoms with Crippen LogP contribution in [0.1, 0.15) is 21.5 Å². The number of carbonyl (C=O) groups excluding carboxylic acids is 1. The van der Waals surface area contributed by atoms with E-state index in [9.17, 15) is 4.79 Å². The molecule has 0 spiro atoms. The third kappa shape index (κ3) is 3.46. The average Bonchev–Trinajstić information content (AvgIpc) is 3.28. The molecule has 0 radical (unpaired) electrons. The van der Waals surface area contributed by atoms with Crippen LogP contribution in [0.15, 0.2) is 47.8 Å². The molecule has 1 amide bonds. The molecule has 0 fully saturated rings. The van der Waals surface area contributed by atoms with Crippen molar-refractivity contribution < 1.29 is 4.79 Å². The SMILES string of the molecule is O=C1NC[C@H](NCCc2cccs2)n2nc(-c3ccc(Cl)cc3)cc21. The van der Waals surface area contributed by atoms with Crippen molar-refractivity contribution in [1.82, 2.24) is 20.4 Å². The lowest BCUT2D eigenvalue weighted by Gasteiger charge is -2.25. The number of amides is 1. The summed E-state index contributed by atoms with van der Waals surface area (Å²) in [5.74, 6) is -0.0935. The van der Waals surface area contributed by atoms with E-state index in [2.05, 4.69) is 33.2 Å². The molecule has 0 saturated carbocycles. The minimum atomic E-state index is -0.0935. The highest BCUT2D eigenvalue weighted by atomic mass is 35.5. The maximum absolute atomic E-state index is 12.2. The van der Waals surface area contributed by atoms with Gasteiger partial charge >= 0.3 is 0 Å². The van der Waals surface area contributed by atoms with Crippen LogP contribution in [-0.4, -0.2) is 28.8 Å². The third-order valence-corrected chi connectivity index (χ3v) is 5.38. The predicted molar refractivity (Wildman–Crippen MR) is 100 cm³/mol. The summed E-state index contributed by atoms with van der Waals surface area (Å²) < 4.78 is 1.79. The Morgan fingerprint density at radius 2 is 2.16 bits per heavy atom. The summed E-state index contributed by atoms with van der Waals surface area (Å²) >= 11 is 7.70. The molecular formula is C18H17ClN4OS. The minimum Gasteiger partial charge on any atom is -0.347 e. The minimum absolute atomic E-state index is 0.0475. The van der Waals surface area contributed by atoms with E-state index < -0.39 is 0 Å². The van der Waals surface area contributed by atoms with Crippen molar-refractivity contribution in [3.05, 3.63) is 63.4 Å². The summed E-state index contributed by atoms with van der Waals surface area (Å²) in [7, 11) is 0. The smallest absolute Gasteiger partial charge is 0.269 e. The van der Waals surface area contributed by atoms with Gasteiger partial charge < -0.3 is 5.32 Å². The first-order valence-electron chi connectivity index (χ1n) is 8.10. The van der Waals surface area contributed by atoms with Crippen molar-refractivity contribution in [3.63, 3.8) is 0 Å². The van der Waals surface area contributed by atoms with Gasteiger partial charge in [0.2, 0.25) is 0 Å². The zero-order valence-electron chi connectivity index (χ0n) is 13.4. The molecule has 5 nitrogen and oxygen atoms in total. The van der Waals surface area contributed by atoms with E-state index in [0.29, 0.717) is 17.3 Å². The van der Waals surface area contributed by atoms with Gasteiger partial charge in [0.1, 0.15) is 11.9 Å². The molecule has 1 aromatic carbocycles. The standard InChI is InChI=1S/C18H17ClN4OS/c19-13-5-3-12(4-6-13)15-10-16-18(24)21-11-17(23(16)22-15)20-8-7-14-2-1-9-25-14/h1-6,9-10,17,20H,7-8,11H2,(H,21,24)/t17-/m1/s1. The molecule has 3 aromatic rings. The number of benzene rings is 1. The van der Waals surface area contributed by atoms with Crippen LogP contribution in [0.5, 0.6) is 0 Å². The topological polar surface area (TPSA) is 59.0 Å². The summed E-state index contributed by atoms with van der Waals surface area (Å²) in [5, 5.41) is 13.8. The van der Waals surface area contributed by atoms with Gasteiger partial charge in [0.15, 0.2) is 0 Å². The van der Waals surface area contributed by atoms with Gasteiger partial charge in [-0.25, -0.2) is 4.68 Å². The number of thiophene rings is 1. The van der Waals surface area contributed by atoms with E-state index in [1.54, 1.807) is 16.0 Å². The molecule has 0 unspecified atom stereocenters. The number of fused-ring (bicyclic) bond motifs is 1. The van der Waals surface area contributed by atoms with E-state index >= 15 is 0 Å². The quantitative estimate of drug-likeness (QED) is 0.722. The molecule has 1 atom stereocenters. The third-order valence-electron chi connectivity index (χ3n) is 4.19. The first-order chi connectivity index (χ1) is 12.2. The molecule has 4 rings (SSSR count). The number of nitrogens with zero attached hydrogens (tertiary/aromatic N) is 2. The van der Waals surface area contributed by atoms with Crippen LogP contribution < -0.4 is 10.6 Å². The van der Waals surface area contributed by atoms with Gasteiger partial charge in [-0.05, 0) is 36.1 Å². The van der Waals surface area contributed by atoms with Gasteiger partial charge in [0.05, 0.1) is 12.2 Å². The Morgan fingerprint density at radius 1 is 1.32 bits per heavy atom.